The SMILES string of the molecule is C.C.COCCOCCN1C(=O)CC(SOCCCCCC(=O)CCS)C1=O. The maximum Gasteiger partial charge on any atom is 0.245 e. The van der Waals surface area contributed by atoms with Gasteiger partial charge in [0.2, 0.25) is 11.8 Å². The predicted octanol–water partition coefficient (Wildman–Crippen LogP) is 3.16. The Morgan fingerprint density at radius 1 is 1.11 bits per heavy atom. The highest BCUT2D eigenvalue weighted by molar-refractivity contribution is 7.96. The lowest BCUT2D eigenvalue weighted by atomic mass is 10.1. The van der Waals surface area contributed by atoms with Crippen LogP contribution < -0.4 is 0 Å². The molecular weight excluding hydrogens is 402 g/mol. The molecule has 0 aromatic heterocycles. The lowest BCUT2D eigenvalue weighted by molar-refractivity contribution is -0.139. The Bertz CT molecular complexity index is 450. The lowest BCUT2D eigenvalue weighted by Crippen LogP contribution is -2.34. The minimum atomic E-state index is -0.474. The van der Waals surface area contributed by atoms with Crippen molar-refractivity contribution in [2.75, 3.05) is 45.8 Å². The fourth-order valence-corrected chi connectivity index (χ4v) is 3.45. The van der Waals surface area contributed by atoms with Gasteiger partial charge in [0.25, 0.3) is 0 Å². The zero-order valence-electron chi connectivity index (χ0n) is 15.3. The highest BCUT2D eigenvalue weighted by atomic mass is 32.2. The number of methoxy groups -OCH3 is 1. The van der Waals surface area contributed by atoms with Crippen molar-refractivity contribution >= 4 is 42.3 Å². The van der Waals surface area contributed by atoms with Gasteiger partial charge in [0, 0.05) is 32.0 Å². The van der Waals surface area contributed by atoms with E-state index in [0.29, 0.717) is 45.0 Å². The number of rotatable bonds is 16. The molecule has 1 unspecified atom stereocenters. The van der Waals surface area contributed by atoms with E-state index in [-0.39, 0.29) is 45.4 Å². The first-order chi connectivity index (χ1) is 12.6. The highest BCUT2D eigenvalue weighted by Gasteiger charge is 2.39. The largest absolute Gasteiger partial charge is 0.382 e. The molecule has 2 amide bonds. The summed E-state index contributed by atoms with van der Waals surface area (Å²) in [5.41, 5.74) is 0. The molecule has 1 rings (SSSR count). The third-order valence-electron chi connectivity index (χ3n) is 3.85. The van der Waals surface area contributed by atoms with Crippen LogP contribution in [0.25, 0.3) is 0 Å². The highest BCUT2D eigenvalue weighted by Crippen LogP contribution is 2.26. The molecule has 0 aromatic carbocycles. The van der Waals surface area contributed by atoms with Crippen LogP contribution in [0.3, 0.4) is 0 Å². The number of imide groups is 1. The van der Waals surface area contributed by atoms with Crippen molar-refractivity contribution in [3.63, 3.8) is 0 Å². The average Bonchev–Trinajstić information content (AvgIpc) is 2.88. The first-order valence-electron chi connectivity index (χ1n) is 8.91. The molecule has 166 valence electrons. The number of Topliss-reactive ketones (excluding diaryl/α,β-unsaturated/α-hetero) is 1. The normalized spacial score (nSPS) is 16.1. The van der Waals surface area contributed by atoms with Gasteiger partial charge in [-0.1, -0.05) is 21.3 Å². The van der Waals surface area contributed by atoms with Crippen molar-refractivity contribution in [3.8, 4) is 0 Å². The van der Waals surface area contributed by atoms with Crippen LogP contribution in [0, 0.1) is 0 Å². The minimum absolute atomic E-state index is 0. The minimum Gasteiger partial charge on any atom is -0.382 e. The number of amides is 2. The molecule has 0 bridgehead atoms. The van der Waals surface area contributed by atoms with Crippen LogP contribution in [0.2, 0.25) is 0 Å². The first kappa shape index (κ1) is 29.6. The number of ether oxygens (including phenoxy) is 2. The standard InChI is InChI=1S/C17H29NO6S2.2CH4/c1-22-10-11-23-9-7-18-16(20)13-15(17(18)21)26-24-8-4-2-3-5-14(19)6-12-25;;/h15,25H,2-13H2,1H3;2*1H4. The van der Waals surface area contributed by atoms with Crippen LogP contribution in [0.1, 0.15) is 53.4 Å². The molecule has 1 aliphatic heterocycles. The number of carbonyl (C=O) groups is 3. The number of nitrogens with zero attached hydrogens (tertiary/aromatic N) is 1. The zero-order chi connectivity index (χ0) is 19.2. The Morgan fingerprint density at radius 2 is 1.86 bits per heavy atom. The van der Waals surface area contributed by atoms with Gasteiger partial charge in [-0.25, -0.2) is 0 Å². The van der Waals surface area contributed by atoms with Crippen LogP contribution in [0.15, 0.2) is 0 Å². The van der Waals surface area contributed by atoms with E-state index in [1.165, 1.54) is 4.90 Å². The summed E-state index contributed by atoms with van der Waals surface area (Å²) in [5, 5.41) is -0.474. The molecule has 1 aliphatic rings. The van der Waals surface area contributed by atoms with E-state index in [2.05, 4.69) is 12.6 Å². The van der Waals surface area contributed by atoms with E-state index >= 15 is 0 Å². The smallest absolute Gasteiger partial charge is 0.245 e. The summed E-state index contributed by atoms with van der Waals surface area (Å²) in [7, 11) is 1.59. The lowest BCUT2D eigenvalue weighted by Gasteiger charge is -2.14. The molecule has 1 saturated heterocycles. The third-order valence-corrected chi connectivity index (χ3v) is 4.98. The van der Waals surface area contributed by atoms with Gasteiger partial charge >= 0.3 is 0 Å². The fraction of sp³-hybridized carbons (Fsp3) is 0.842. The molecule has 0 aliphatic carbocycles. The zero-order valence-corrected chi connectivity index (χ0v) is 17.0. The summed E-state index contributed by atoms with van der Waals surface area (Å²) in [6.07, 6.45) is 3.86. The van der Waals surface area contributed by atoms with Crippen LogP contribution in [0.5, 0.6) is 0 Å². The second kappa shape index (κ2) is 18.4. The maximum atomic E-state index is 12.2. The van der Waals surface area contributed by atoms with Gasteiger partial charge in [0.1, 0.15) is 11.0 Å². The van der Waals surface area contributed by atoms with E-state index in [1.54, 1.807) is 7.11 Å². The third kappa shape index (κ3) is 12.1. The van der Waals surface area contributed by atoms with Crippen molar-refractivity contribution in [1.29, 1.82) is 0 Å². The molecule has 9 heteroatoms. The molecule has 0 saturated carbocycles. The van der Waals surface area contributed by atoms with Gasteiger partial charge in [0.05, 0.1) is 39.4 Å². The Kier molecular flexibility index (Phi) is 19.5. The van der Waals surface area contributed by atoms with Crippen LogP contribution >= 0.6 is 24.7 Å². The Hall–Kier alpha value is -0.610. The molecule has 0 spiro atoms. The van der Waals surface area contributed by atoms with E-state index in [0.717, 1.165) is 31.3 Å². The number of carbonyl (C=O) groups excluding carboxylic acids is 3. The summed E-state index contributed by atoms with van der Waals surface area (Å²) in [6.45, 7) is 2.00. The summed E-state index contributed by atoms with van der Waals surface area (Å²) < 4.78 is 15.6. The van der Waals surface area contributed by atoms with E-state index in [9.17, 15) is 14.4 Å². The Labute approximate surface area is 179 Å². The molecular formula is C19H37NO6S2. The van der Waals surface area contributed by atoms with Crippen molar-refractivity contribution in [2.24, 2.45) is 0 Å². The maximum absolute atomic E-state index is 12.2. The predicted molar refractivity (Wildman–Crippen MR) is 117 cm³/mol. The summed E-state index contributed by atoms with van der Waals surface area (Å²) in [6, 6.07) is 0. The summed E-state index contributed by atoms with van der Waals surface area (Å²) in [4.78, 5) is 36.7. The first-order valence-corrected chi connectivity index (χ1v) is 10.4. The fourth-order valence-electron chi connectivity index (χ4n) is 2.40. The summed E-state index contributed by atoms with van der Waals surface area (Å²) >= 11 is 5.10. The molecule has 0 radical (unpaired) electrons. The van der Waals surface area contributed by atoms with Gasteiger partial charge in [-0.05, 0) is 18.6 Å². The summed E-state index contributed by atoms with van der Waals surface area (Å²) in [5.74, 6) is 0.446. The number of thiol groups is 1. The van der Waals surface area contributed by atoms with Crippen LogP contribution in [-0.2, 0) is 28.0 Å². The van der Waals surface area contributed by atoms with Crippen molar-refractivity contribution in [2.45, 2.75) is 58.6 Å². The molecule has 0 N–H and O–H groups in total. The Morgan fingerprint density at radius 3 is 2.54 bits per heavy atom. The van der Waals surface area contributed by atoms with E-state index < -0.39 is 5.25 Å². The number of ketones is 1. The molecule has 1 fully saturated rings. The van der Waals surface area contributed by atoms with Crippen LogP contribution in [-0.4, -0.2) is 73.6 Å². The number of hydrogen-bond acceptors (Lipinski definition) is 8. The van der Waals surface area contributed by atoms with E-state index in [4.69, 9.17) is 13.7 Å². The molecule has 7 nitrogen and oxygen atoms in total. The van der Waals surface area contributed by atoms with Gasteiger partial charge < -0.3 is 13.7 Å². The quantitative estimate of drug-likeness (QED) is 0.171. The molecule has 28 heavy (non-hydrogen) atoms. The van der Waals surface area contributed by atoms with Gasteiger partial charge in [-0.3, -0.25) is 19.3 Å². The van der Waals surface area contributed by atoms with E-state index in [1.807, 2.05) is 0 Å². The molecule has 0 aromatic rings. The Balaban J connectivity index is 0. The second-order valence-corrected chi connectivity index (χ2v) is 7.37. The van der Waals surface area contributed by atoms with Crippen molar-refractivity contribution < 1.29 is 28.0 Å². The monoisotopic (exact) mass is 439 g/mol. The van der Waals surface area contributed by atoms with Crippen LogP contribution in [0.4, 0.5) is 0 Å². The number of likely N-dealkylation sites (tertiary alicyclic amines) is 1. The van der Waals surface area contributed by atoms with Gasteiger partial charge in [0.15, 0.2) is 0 Å². The number of hydrogen-bond donors (Lipinski definition) is 1. The van der Waals surface area contributed by atoms with Crippen molar-refractivity contribution in [3.05, 3.63) is 0 Å². The van der Waals surface area contributed by atoms with Gasteiger partial charge in [-0.2, -0.15) is 12.6 Å². The molecule has 1 heterocycles. The molecule has 1 atom stereocenters. The van der Waals surface area contributed by atoms with Crippen molar-refractivity contribution in [1.82, 2.24) is 4.90 Å². The topological polar surface area (TPSA) is 82.1 Å². The average molecular weight is 440 g/mol. The number of unbranched alkanes of at least 4 members (excludes halogenated alkanes) is 2. The van der Waals surface area contributed by atoms with Gasteiger partial charge in [-0.15, -0.1) is 0 Å². The second-order valence-electron chi connectivity index (χ2n) is 5.92.